The summed E-state index contributed by atoms with van der Waals surface area (Å²) in [6.45, 7) is -0.178. The van der Waals surface area contributed by atoms with Crippen LogP contribution in [0.25, 0.3) is 0 Å². The normalized spacial score (nSPS) is 9.75. The summed E-state index contributed by atoms with van der Waals surface area (Å²) in [5.74, 6) is -1.67. The zero-order chi connectivity index (χ0) is 15.1. The predicted molar refractivity (Wildman–Crippen MR) is 69.6 cm³/mol. The van der Waals surface area contributed by atoms with Crippen molar-refractivity contribution in [1.29, 1.82) is 0 Å². The van der Waals surface area contributed by atoms with Gasteiger partial charge < -0.3 is 19.5 Å². The van der Waals surface area contributed by atoms with E-state index in [9.17, 15) is 14.4 Å². The van der Waals surface area contributed by atoms with Crippen molar-refractivity contribution < 1.29 is 28.6 Å². The molecular formula is C13H15NO6. The average Bonchev–Trinajstić information content (AvgIpc) is 2.45. The fraction of sp³-hybridized carbons (Fsp3) is 0.308. The molecule has 0 unspecified atom stereocenters. The third kappa shape index (κ3) is 3.79. The second-order valence-corrected chi connectivity index (χ2v) is 3.72. The molecule has 0 spiro atoms. The van der Waals surface area contributed by atoms with Gasteiger partial charge in [-0.3, -0.25) is 4.79 Å². The summed E-state index contributed by atoms with van der Waals surface area (Å²) in [5.41, 5.74) is 0.485. The number of carbonyl (C=O) groups is 3. The number of nitrogens with one attached hydrogen (secondary N) is 1. The van der Waals surface area contributed by atoms with E-state index in [4.69, 9.17) is 0 Å². The maximum Gasteiger partial charge on any atom is 0.339 e. The van der Waals surface area contributed by atoms with E-state index in [0.717, 1.165) is 0 Å². The van der Waals surface area contributed by atoms with Crippen molar-refractivity contribution in [3.05, 3.63) is 29.3 Å². The summed E-state index contributed by atoms with van der Waals surface area (Å²) < 4.78 is 13.9. The number of anilines is 1. The Balaban J connectivity index is 3.15. The van der Waals surface area contributed by atoms with Gasteiger partial charge in [0.05, 0.1) is 31.0 Å². The number of ether oxygens (including phenoxy) is 3. The van der Waals surface area contributed by atoms with Crippen LogP contribution in [0.15, 0.2) is 18.2 Å². The maximum absolute atomic E-state index is 11.6. The van der Waals surface area contributed by atoms with Crippen molar-refractivity contribution in [3.8, 4) is 0 Å². The highest BCUT2D eigenvalue weighted by Crippen LogP contribution is 2.19. The van der Waals surface area contributed by atoms with Crippen LogP contribution in [-0.2, 0) is 19.0 Å². The summed E-state index contributed by atoms with van der Waals surface area (Å²) in [6, 6.07) is 4.12. The second kappa shape index (κ2) is 7.25. The van der Waals surface area contributed by atoms with Gasteiger partial charge in [-0.25, -0.2) is 9.59 Å². The Kier molecular flexibility index (Phi) is 5.67. The molecule has 0 atom stereocenters. The van der Waals surface area contributed by atoms with Gasteiger partial charge in [0.1, 0.15) is 6.61 Å². The molecule has 0 heterocycles. The number of carbonyl (C=O) groups excluding carboxylic acids is 3. The number of benzene rings is 1. The number of rotatable bonds is 5. The lowest BCUT2D eigenvalue weighted by Gasteiger charge is -2.11. The molecule has 0 saturated carbocycles. The molecule has 1 N–H and O–H groups in total. The van der Waals surface area contributed by atoms with Gasteiger partial charge in [0.25, 0.3) is 0 Å². The highest BCUT2D eigenvalue weighted by atomic mass is 16.5. The first-order chi connectivity index (χ1) is 9.53. The number of hydrogen-bond acceptors (Lipinski definition) is 6. The van der Waals surface area contributed by atoms with Crippen LogP contribution in [0.2, 0.25) is 0 Å². The summed E-state index contributed by atoms with van der Waals surface area (Å²) in [5, 5.41) is 2.47. The van der Waals surface area contributed by atoms with Crippen LogP contribution in [0.4, 0.5) is 5.69 Å². The molecule has 20 heavy (non-hydrogen) atoms. The molecule has 7 nitrogen and oxygen atoms in total. The number of esters is 2. The van der Waals surface area contributed by atoms with Crippen LogP contribution < -0.4 is 5.32 Å². The molecule has 7 heteroatoms. The first-order valence-corrected chi connectivity index (χ1v) is 5.63. The molecule has 0 aliphatic carbocycles. The molecule has 0 saturated heterocycles. The van der Waals surface area contributed by atoms with Gasteiger partial charge in [-0.15, -0.1) is 0 Å². The molecule has 0 aliphatic rings. The minimum atomic E-state index is -0.630. The van der Waals surface area contributed by atoms with E-state index in [2.05, 4.69) is 19.5 Å². The molecule has 1 rings (SSSR count). The predicted octanol–water partition coefficient (Wildman–Crippen LogP) is 0.845. The topological polar surface area (TPSA) is 90.9 Å². The van der Waals surface area contributed by atoms with Gasteiger partial charge in [0, 0.05) is 7.11 Å². The molecule has 1 amide bonds. The van der Waals surface area contributed by atoms with Crippen molar-refractivity contribution in [3.63, 3.8) is 0 Å². The Hall–Kier alpha value is -2.41. The van der Waals surface area contributed by atoms with Crippen LogP contribution >= 0.6 is 0 Å². The molecule has 0 fully saturated rings. The number of methoxy groups -OCH3 is 3. The van der Waals surface area contributed by atoms with E-state index < -0.39 is 17.8 Å². The lowest BCUT2D eigenvalue weighted by Crippen LogP contribution is -2.20. The molecular weight excluding hydrogens is 266 g/mol. The summed E-state index contributed by atoms with van der Waals surface area (Å²) in [6.07, 6.45) is 0. The zero-order valence-electron chi connectivity index (χ0n) is 11.4. The number of amides is 1. The van der Waals surface area contributed by atoms with Crippen LogP contribution in [0.1, 0.15) is 20.7 Å². The van der Waals surface area contributed by atoms with Gasteiger partial charge in [-0.05, 0) is 18.2 Å². The van der Waals surface area contributed by atoms with Crippen molar-refractivity contribution in [2.45, 2.75) is 0 Å². The van der Waals surface area contributed by atoms with E-state index >= 15 is 0 Å². The van der Waals surface area contributed by atoms with Gasteiger partial charge in [-0.1, -0.05) is 0 Å². The monoisotopic (exact) mass is 281 g/mol. The summed E-state index contributed by atoms with van der Waals surface area (Å²) >= 11 is 0. The lowest BCUT2D eigenvalue weighted by atomic mass is 10.1. The van der Waals surface area contributed by atoms with Crippen LogP contribution in [0.3, 0.4) is 0 Å². The van der Waals surface area contributed by atoms with Gasteiger partial charge >= 0.3 is 11.9 Å². The first kappa shape index (κ1) is 15.6. The number of hydrogen-bond donors (Lipinski definition) is 1. The van der Waals surface area contributed by atoms with E-state index in [0.29, 0.717) is 0 Å². The van der Waals surface area contributed by atoms with Gasteiger partial charge in [0.2, 0.25) is 5.91 Å². The van der Waals surface area contributed by atoms with Crippen LogP contribution in [-0.4, -0.2) is 45.8 Å². The third-order valence-corrected chi connectivity index (χ3v) is 2.40. The van der Waals surface area contributed by atoms with Crippen molar-refractivity contribution in [2.75, 3.05) is 33.3 Å². The van der Waals surface area contributed by atoms with E-state index in [1.165, 1.54) is 39.5 Å². The van der Waals surface area contributed by atoms with E-state index in [1.807, 2.05) is 0 Å². The highest BCUT2D eigenvalue weighted by molar-refractivity contribution is 6.03. The van der Waals surface area contributed by atoms with E-state index in [1.54, 1.807) is 0 Å². The zero-order valence-corrected chi connectivity index (χ0v) is 11.4. The van der Waals surface area contributed by atoms with Crippen molar-refractivity contribution in [1.82, 2.24) is 0 Å². The summed E-state index contributed by atoms with van der Waals surface area (Å²) in [7, 11) is 3.82. The Morgan fingerprint density at radius 1 is 1.05 bits per heavy atom. The molecule has 108 valence electrons. The second-order valence-electron chi connectivity index (χ2n) is 3.72. The largest absolute Gasteiger partial charge is 0.465 e. The van der Waals surface area contributed by atoms with E-state index in [-0.39, 0.29) is 23.4 Å². The Labute approximate surface area is 115 Å². The quantitative estimate of drug-likeness (QED) is 0.804. The summed E-state index contributed by atoms with van der Waals surface area (Å²) in [4.78, 5) is 34.6. The van der Waals surface area contributed by atoms with Crippen LogP contribution in [0, 0.1) is 0 Å². The third-order valence-electron chi connectivity index (χ3n) is 2.40. The lowest BCUT2D eigenvalue weighted by molar-refractivity contribution is -0.119. The smallest absolute Gasteiger partial charge is 0.339 e. The molecule has 0 aliphatic heterocycles. The highest BCUT2D eigenvalue weighted by Gasteiger charge is 2.17. The minimum absolute atomic E-state index is 0.129. The average molecular weight is 281 g/mol. The Morgan fingerprint density at radius 3 is 2.25 bits per heavy atom. The molecule has 1 aromatic rings. The van der Waals surface area contributed by atoms with Crippen molar-refractivity contribution >= 4 is 23.5 Å². The first-order valence-electron chi connectivity index (χ1n) is 5.63. The standard InChI is InChI=1S/C13H15NO6/c1-18-7-11(15)14-10-6-8(12(16)19-2)4-5-9(10)13(17)20-3/h4-6H,7H2,1-3H3,(H,14,15). The molecule has 0 aromatic heterocycles. The molecule has 0 radical (unpaired) electrons. The van der Waals surface area contributed by atoms with Gasteiger partial charge in [-0.2, -0.15) is 0 Å². The van der Waals surface area contributed by atoms with Gasteiger partial charge in [0.15, 0.2) is 0 Å². The maximum atomic E-state index is 11.6. The Bertz CT molecular complexity index is 526. The fourth-order valence-electron chi connectivity index (χ4n) is 1.50. The fourth-order valence-corrected chi connectivity index (χ4v) is 1.50. The van der Waals surface area contributed by atoms with Crippen LogP contribution in [0.5, 0.6) is 0 Å². The minimum Gasteiger partial charge on any atom is -0.465 e. The molecule has 1 aromatic carbocycles. The van der Waals surface area contributed by atoms with Crippen molar-refractivity contribution in [2.24, 2.45) is 0 Å². The molecule has 0 bridgehead atoms. The Morgan fingerprint density at radius 2 is 1.70 bits per heavy atom. The SMILES string of the molecule is COCC(=O)Nc1cc(C(=O)OC)ccc1C(=O)OC.